The van der Waals surface area contributed by atoms with Gasteiger partial charge in [-0.05, 0) is 43.9 Å². The number of pyridine rings is 1. The van der Waals surface area contributed by atoms with E-state index in [1.54, 1.807) is 0 Å². The Morgan fingerprint density at radius 1 is 1.41 bits per heavy atom. The molecular weight excluding hydrogens is 208 g/mol. The second kappa shape index (κ2) is 5.63. The molecule has 1 aromatic heterocycles. The highest BCUT2D eigenvalue weighted by molar-refractivity contribution is 5.21. The number of aromatic nitrogens is 1. The zero-order valence-corrected chi connectivity index (χ0v) is 11.3. The fourth-order valence-electron chi connectivity index (χ4n) is 2.83. The first-order valence-corrected chi connectivity index (χ1v) is 6.84. The lowest BCUT2D eigenvalue weighted by Gasteiger charge is -2.37. The number of hydrogen-bond donors (Lipinski definition) is 0. The SMILES string of the molecule is Cc1cccnc1C1CCCCN1CC(C)C. The second-order valence-corrected chi connectivity index (χ2v) is 5.61. The molecule has 0 saturated carbocycles. The van der Waals surface area contributed by atoms with Gasteiger partial charge in [-0.3, -0.25) is 9.88 Å². The van der Waals surface area contributed by atoms with Crippen molar-refractivity contribution in [3.63, 3.8) is 0 Å². The van der Waals surface area contributed by atoms with Gasteiger partial charge in [0.25, 0.3) is 0 Å². The molecule has 1 atom stereocenters. The number of hydrogen-bond acceptors (Lipinski definition) is 2. The number of piperidine rings is 1. The standard InChI is InChI=1S/C15H24N2/c1-12(2)11-17-10-5-4-8-14(17)15-13(3)7-6-9-16-15/h6-7,9,12,14H,4-5,8,10-11H2,1-3H3. The van der Waals surface area contributed by atoms with Gasteiger partial charge in [0, 0.05) is 12.7 Å². The predicted octanol–water partition coefficient (Wildman–Crippen LogP) is 3.57. The molecule has 17 heavy (non-hydrogen) atoms. The smallest absolute Gasteiger partial charge is 0.0604 e. The fraction of sp³-hybridized carbons (Fsp3) is 0.667. The van der Waals surface area contributed by atoms with Gasteiger partial charge in [-0.2, -0.15) is 0 Å². The van der Waals surface area contributed by atoms with E-state index in [1.165, 1.54) is 43.6 Å². The van der Waals surface area contributed by atoms with Gasteiger partial charge in [-0.15, -0.1) is 0 Å². The van der Waals surface area contributed by atoms with Crippen LogP contribution in [0, 0.1) is 12.8 Å². The summed E-state index contributed by atoms with van der Waals surface area (Å²) in [6.45, 7) is 9.22. The highest BCUT2D eigenvalue weighted by Crippen LogP contribution is 2.31. The van der Waals surface area contributed by atoms with Crippen LogP contribution in [0.4, 0.5) is 0 Å². The molecule has 0 bridgehead atoms. The van der Waals surface area contributed by atoms with Crippen LogP contribution in [0.15, 0.2) is 18.3 Å². The summed E-state index contributed by atoms with van der Waals surface area (Å²) < 4.78 is 0. The minimum absolute atomic E-state index is 0.548. The van der Waals surface area contributed by atoms with Crippen molar-refractivity contribution in [3.05, 3.63) is 29.6 Å². The molecule has 1 aliphatic heterocycles. The lowest BCUT2D eigenvalue weighted by Crippen LogP contribution is -2.36. The lowest BCUT2D eigenvalue weighted by atomic mass is 9.95. The second-order valence-electron chi connectivity index (χ2n) is 5.61. The van der Waals surface area contributed by atoms with Crippen molar-refractivity contribution in [2.45, 2.75) is 46.1 Å². The molecule has 1 saturated heterocycles. The monoisotopic (exact) mass is 232 g/mol. The van der Waals surface area contributed by atoms with Crippen LogP contribution in [0.3, 0.4) is 0 Å². The molecule has 0 aliphatic carbocycles. The first kappa shape index (κ1) is 12.6. The lowest BCUT2D eigenvalue weighted by molar-refractivity contribution is 0.129. The van der Waals surface area contributed by atoms with E-state index < -0.39 is 0 Å². The third kappa shape index (κ3) is 3.06. The highest BCUT2D eigenvalue weighted by Gasteiger charge is 2.26. The average Bonchev–Trinajstić information content (AvgIpc) is 2.30. The van der Waals surface area contributed by atoms with Crippen molar-refractivity contribution in [3.8, 4) is 0 Å². The summed E-state index contributed by atoms with van der Waals surface area (Å²) in [5.74, 6) is 0.736. The number of nitrogens with zero attached hydrogens (tertiary/aromatic N) is 2. The molecule has 0 radical (unpaired) electrons. The Bertz CT molecular complexity index is 360. The average molecular weight is 232 g/mol. The summed E-state index contributed by atoms with van der Waals surface area (Å²) in [6.07, 6.45) is 5.89. The highest BCUT2D eigenvalue weighted by atomic mass is 15.2. The molecule has 2 heteroatoms. The summed E-state index contributed by atoms with van der Waals surface area (Å²) in [4.78, 5) is 7.25. The summed E-state index contributed by atoms with van der Waals surface area (Å²) >= 11 is 0. The maximum atomic E-state index is 4.62. The van der Waals surface area contributed by atoms with E-state index in [4.69, 9.17) is 0 Å². The van der Waals surface area contributed by atoms with Crippen LogP contribution in [0.1, 0.15) is 50.4 Å². The molecule has 1 fully saturated rings. The molecule has 0 N–H and O–H groups in total. The van der Waals surface area contributed by atoms with Crippen molar-refractivity contribution in [2.75, 3.05) is 13.1 Å². The Morgan fingerprint density at radius 2 is 2.24 bits per heavy atom. The van der Waals surface area contributed by atoms with Crippen molar-refractivity contribution in [2.24, 2.45) is 5.92 Å². The van der Waals surface area contributed by atoms with Crippen LogP contribution in [-0.2, 0) is 0 Å². The quantitative estimate of drug-likeness (QED) is 0.792. The summed E-state index contributed by atoms with van der Waals surface area (Å²) in [6, 6.07) is 4.77. The zero-order valence-electron chi connectivity index (χ0n) is 11.3. The molecule has 0 aromatic carbocycles. The molecule has 2 rings (SSSR count). The number of aryl methyl sites for hydroxylation is 1. The van der Waals surface area contributed by atoms with Gasteiger partial charge in [-0.25, -0.2) is 0 Å². The van der Waals surface area contributed by atoms with Crippen molar-refractivity contribution in [1.82, 2.24) is 9.88 Å². The first-order valence-electron chi connectivity index (χ1n) is 6.84. The van der Waals surface area contributed by atoms with E-state index in [9.17, 15) is 0 Å². The van der Waals surface area contributed by atoms with Crippen LogP contribution >= 0.6 is 0 Å². The third-order valence-corrected chi connectivity index (χ3v) is 3.58. The predicted molar refractivity (Wildman–Crippen MR) is 72.0 cm³/mol. The Kier molecular flexibility index (Phi) is 4.16. The topological polar surface area (TPSA) is 16.1 Å². The molecule has 0 spiro atoms. The van der Waals surface area contributed by atoms with E-state index in [0.29, 0.717) is 6.04 Å². The molecule has 0 amide bonds. The van der Waals surface area contributed by atoms with Gasteiger partial charge in [0.2, 0.25) is 0 Å². The van der Waals surface area contributed by atoms with Crippen LogP contribution in [0.25, 0.3) is 0 Å². The Labute approximate surface area is 105 Å². The minimum atomic E-state index is 0.548. The number of rotatable bonds is 3. The van der Waals surface area contributed by atoms with Gasteiger partial charge in [0.15, 0.2) is 0 Å². The number of likely N-dealkylation sites (tertiary alicyclic amines) is 1. The van der Waals surface area contributed by atoms with Crippen LogP contribution < -0.4 is 0 Å². The Morgan fingerprint density at radius 3 is 2.94 bits per heavy atom. The van der Waals surface area contributed by atoms with Crippen LogP contribution in [0.5, 0.6) is 0 Å². The van der Waals surface area contributed by atoms with Crippen LogP contribution in [0.2, 0.25) is 0 Å². The van der Waals surface area contributed by atoms with Crippen molar-refractivity contribution >= 4 is 0 Å². The molecule has 1 unspecified atom stereocenters. The minimum Gasteiger partial charge on any atom is -0.295 e. The van der Waals surface area contributed by atoms with E-state index in [2.05, 4.69) is 36.7 Å². The van der Waals surface area contributed by atoms with Gasteiger partial charge in [-0.1, -0.05) is 26.3 Å². The third-order valence-electron chi connectivity index (χ3n) is 3.58. The van der Waals surface area contributed by atoms with E-state index in [0.717, 1.165) is 5.92 Å². The van der Waals surface area contributed by atoms with Gasteiger partial charge < -0.3 is 0 Å². The van der Waals surface area contributed by atoms with Gasteiger partial charge >= 0.3 is 0 Å². The maximum Gasteiger partial charge on any atom is 0.0604 e. The molecule has 1 aromatic rings. The molecule has 2 nitrogen and oxygen atoms in total. The van der Waals surface area contributed by atoms with E-state index in [-0.39, 0.29) is 0 Å². The van der Waals surface area contributed by atoms with Crippen molar-refractivity contribution in [1.29, 1.82) is 0 Å². The fourth-order valence-corrected chi connectivity index (χ4v) is 2.83. The first-order chi connectivity index (χ1) is 8.18. The Balaban J connectivity index is 2.19. The molecular formula is C15H24N2. The molecule has 2 heterocycles. The zero-order chi connectivity index (χ0) is 12.3. The van der Waals surface area contributed by atoms with Crippen molar-refractivity contribution < 1.29 is 0 Å². The normalized spacial score (nSPS) is 22.0. The summed E-state index contributed by atoms with van der Waals surface area (Å²) in [5.41, 5.74) is 2.64. The maximum absolute atomic E-state index is 4.62. The summed E-state index contributed by atoms with van der Waals surface area (Å²) in [5, 5.41) is 0. The van der Waals surface area contributed by atoms with Gasteiger partial charge in [0.1, 0.15) is 0 Å². The summed E-state index contributed by atoms with van der Waals surface area (Å²) in [7, 11) is 0. The van der Waals surface area contributed by atoms with E-state index >= 15 is 0 Å². The molecule has 94 valence electrons. The Hall–Kier alpha value is -0.890. The largest absolute Gasteiger partial charge is 0.295 e. The van der Waals surface area contributed by atoms with Crippen LogP contribution in [-0.4, -0.2) is 23.0 Å². The van der Waals surface area contributed by atoms with Gasteiger partial charge in [0.05, 0.1) is 11.7 Å². The van der Waals surface area contributed by atoms with E-state index in [1.807, 2.05) is 12.3 Å². The molecule has 1 aliphatic rings.